The van der Waals surface area contributed by atoms with E-state index in [1.54, 1.807) is 0 Å². The lowest BCUT2D eigenvalue weighted by Gasteiger charge is -2.44. The highest BCUT2D eigenvalue weighted by Crippen LogP contribution is 2.39. The molecule has 0 amide bonds. The van der Waals surface area contributed by atoms with Gasteiger partial charge < -0.3 is 4.43 Å². The summed E-state index contributed by atoms with van der Waals surface area (Å²) in [6.45, 7) is 6.66. The SMILES string of the molecule is CC(C)(C)[Si](OC(C#N)c1ccccc1)(c1ccccc1)c1ccccc1. The largest absolute Gasteiger partial charge is 0.388 e. The molecule has 0 bridgehead atoms. The quantitative estimate of drug-likeness (QED) is 0.602. The van der Waals surface area contributed by atoms with E-state index in [1.807, 2.05) is 42.5 Å². The third-order valence-electron chi connectivity index (χ3n) is 4.93. The molecular weight excluding hydrogens is 346 g/mol. The molecule has 3 rings (SSSR count). The van der Waals surface area contributed by atoms with E-state index in [4.69, 9.17) is 4.43 Å². The Hall–Kier alpha value is -2.67. The lowest BCUT2D eigenvalue weighted by atomic mass is 10.1. The minimum Gasteiger partial charge on any atom is -0.388 e. The van der Waals surface area contributed by atoms with Crippen LogP contribution in [0.15, 0.2) is 91.0 Å². The summed E-state index contributed by atoms with van der Waals surface area (Å²) in [7, 11) is -2.74. The van der Waals surface area contributed by atoms with Gasteiger partial charge in [-0.1, -0.05) is 112 Å². The van der Waals surface area contributed by atoms with Crippen LogP contribution in [-0.2, 0) is 4.43 Å². The summed E-state index contributed by atoms with van der Waals surface area (Å²) in [6.07, 6.45) is -0.613. The Kier molecular flexibility index (Phi) is 5.60. The summed E-state index contributed by atoms with van der Waals surface area (Å²) in [6, 6.07) is 33.0. The van der Waals surface area contributed by atoms with E-state index in [1.165, 1.54) is 10.4 Å². The second-order valence-corrected chi connectivity index (χ2v) is 12.0. The van der Waals surface area contributed by atoms with Crippen molar-refractivity contribution in [1.29, 1.82) is 5.26 Å². The molecule has 0 aliphatic heterocycles. The van der Waals surface area contributed by atoms with Gasteiger partial charge in [0.1, 0.15) is 0 Å². The van der Waals surface area contributed by atoms with Crippen LogP contribution >= 0.6 is 0 Å². The van der Waals surface area contributed by atoms with Crippen LogP contribution in [0.1, 0.15) is 32.4 Å². The predicted octanol–water partition coefficient (Wildman–Crippen LogP) is 4.83. The molecular formula is C24H25NOSi. The van der Waals surface area contributed by atoms with E-state index in [9.17, 15) is 5.26 Å². The van der Waals surface area contributed by atoms with E-state index < -0.39 is 14.4 Å². The van der Waals surface area contributed by atoms with Crippen molar-refractivity contribution in [2.75, 3.05) is 0 Å². The molecule has 0 heterocycles. The Morgan fingerprint density at radius 1 is 0.741 bits per heavy atom. The predicted molar refractivity (Wildman–Crippen MR) is 114 cm³/mol. The molecule has 3 heteroatoms. The summed E-state index contributed by atoms with van der Waals surface area (Å²) >= 11 is 0. The molecule has 0 aliphatic carbocycles. The third kappa shape index (κ3) is 3.73. The summed E-state index contributed by atoms with van der Waals surface area (Å²) < 4.78 is 6.89. The minimum absolute atomic E-state index is 0.153. The molecule has 3 aromatic rings. The average Bonchev–Trinajstić information content (AvgIpc) is 2.70. The van der Waals surface area contributed by atoms with Crippen molar-refractivity contribution in [1.82, 2.24) is 0 Å². The number of hydrogen-bond donors (Lipinski definition) is 0. The standard InChI is InChI=1S/C24H25NOSi/c1-24(2,3)27(21-15-9-5-10-16-21,22-17-11-6-12-18-22)26-23(19-25)20-13-7-4-8-14-20/h4-18,23H,1-3H3. The van der Waals surface area contributed by atoms with Gasteiger partial charge in [-0.2, -0.15) is 5.26 Å². The lowest BCUT2D eigenvalue weighted by Crippen LogP contribution is -2.66. The van der Waals surface area contributed by atoms with Crippen LogP contribution < -0.4 is 10.4 Å². The molecule has 27 heavy (non-hydrogen) atoms. The van der Waals surface area contributed by atoms with Crippen molar-refractivity contribution >= 4 is 18.7 Å². The van der Waals surface area contributed by atoms with Gasteiger partial charge in [0.15, 0.2) is 6.10 Å². The molecule has 136 valence electrons. The molecule has 3 aromatic carbocycles. The zero-order valence-electron chi connectivity index (χ0n) is 16.1. The van der Waals surface area contributed by atoms with E-state index in [0.29, 0.717) is 0 Å². The summed E-state index contributed by atoms with van der Waals surface area (Å²) in [5.74, 6) is 0. The molecule has 1 unspecified atom stereocenters. The monoisotopic (exact) mass is 371 g/mol. The highest BCUT2D eigenvalue weighted by atomic mass is 28.4. The van der Waals surface area contributed by atoms with E-state index in [-0.39, 0.29) is 5.04 Å². The first-order chi connectivity index (χ1) is 13.0. The molecule has 0 spiro atoms. The second kappa shape index (κ2) is 7.92. The summed E-state index contributed by atoms with van der Waals surface area (Å²) in [5.41, 5.74) is 0.896. The fraction of sp³-hybridized carbons (Fsp3) is 0.208. The maximum absolute atomic E-state index is 9.95. The maximum Gasteiger partial charge on any atom is 0.263 e. The Balaban J connectivity index is 2.22. The molecule has 2 nitrogen and oxygen atoms in total. The van der Waals surface area contributed by atoms with Gasteiger partial charge in [-0.05, 0) is 21.0 Å². The van der Waals surface area contributed by atoms with Crippen LogP contribution in [0.3, 0.4) is 0 Å². The van der Waals surface area contributed by atoms with Crippen LogP contribution in [0.2, 0.25) is 5.04 Å². The maximum atomic E-state index is 9.95. The van der Waals surface area contributed by atoms with Crippen LogP contribution in [0.4, 0.5) is 0 Å². The summed E-state index contributed by atoms with van der Waals surface area (Å²) in [5, 5.41) is 12.2. The van der Waals surface area contributed by atoms with Gasteiger partial charge in [0.25, 0.3) is 8.32 Å². The number of rotatable bonds is 5. The number of nitrogens with zero attached hydrogens (tertiary/aromatic N) is 1. The molecule has 0 saturated carbocycles. The first-order valence-corrected chi connectivity index (χ1v) is 11.1. The lowest BCUT2D eigenvalue weighted by molar-refractivity contribution is 0.245. The van der Waals surface area contributed by atoms with Crippen molar-refractivity contribution in [2.45, 2.75) is 31.9 Å². The Bertz CT molecular complexity index is 856. The van der Waals surface area contributed by atoms with Gasteiger partial charge in [0, 0.05) is 0 Å². The van der Waals surface area contributed by atoms with Gasteiger partial charge in [0.2, 0.25) is 0 Å². The fourth-order valence-corrected chi connectivity index (χ4v) is 8.22. The number of nitriles is 1. The van der Waals surface area contributed by atoms with Gasteiger partial charge in [-0.25, -0.2) is 0 Å². The van der Waals surface area contributed by atoms with Crippen molar-refractivity contribution in [3.63, 3.8) is 0 Å². The van der Waals surface area contributed by atoms with Gasteiger partial charge in [-0.15, -0.1) is 0 Å². The first-order valence-electron chi connectivity index (χ1n) is 9.22. The highest BCUT2D eigenvalue weighted by Gasteiger charge is 2.51. The fourth-order valence-electron chi connectivity index (χ4n) is 3.66. The zero-order chi connectivity index (χ0) is 19.3. The van der Waals surface area contributed by atoms with Crippen LogP contribution in [-0.4, -0.2) is 8.32 Å². The number of hydrogen-bond acceptors (Lipinski definition) is 2. The molecule has 0 radical (unpaired) electrons. The first kappa shape index (κ1) is 19.1. The molecule has 0 fully saturated rings. The summed E-state index contributed by atoms with van der Waals surface area (Å²) in [4.78, 5) is 0. The number of benzene rings is 3. The van der Waals surface area contributed by atoms with Gasteiger partial charge in [0.05, 0.1) is 6.07 Å². The molecule has 0 saturated heterocycles. The topological polar surface area (TPSA) is 33.0 Å². The second-order valence-electron chi connectivity index (χ2n) is 7.70. The Morgan fingerprint density at radius 3 is 1.52 bits per heavy atom. The van der Waals surface area contributed by atoms with Crippen molar-refractivity contribution in [2.24, 2.45) is 0 Å². The van der Waals surface area contributed by atoms with E-state index >= 15 is 0 Å². The van der Waals surface area contributed by atoms with Gasteiger partial charge >= 0.3 is 0 Å². The van der Waals surface area contributed by atoms with Crippen molar-refractivity contribution in [3.05, 3.63) is 96.6 Å². The van der Waals surface area contributed by atoms with Crippen molar-refractivity contribution < 1.29 is 4.43 Å². The molecule has 0 N–H and O–H groups in total. The van der Waals surface area contributed by atoms with Crippen LogP contribution in [0, 0.1) is 11.3 Å². The average molecular weight is 372 g/mol. The smallest absolute Gasteiger partial charge is 0.263 e. The zero-order valence-corrected chi connectivity index (χ0v) is 17.1. The molecule has 0 aromatic heterocycles. The van der Waals surface area contributed by atoms with E-state index in [0.717, 1.165) is 5.56 Å². The third-order valence-corrected chi connectivity index (χ3v) is 9.93. The van der Waals surface area contributed by atoms with E-state index in [2.05, 4.69) is 75.4 Å². The van der Waals surface area contributed by atoms with Gasteiger partial charge in [-0.3, -0.25) is 0 Å². The molecule has 0 aliphatic rings. The Labute approximate surface area is 163 Å². The minimum atomic E-state index is -2.74. The Morgan fingerprint density at radius 2 is 1.15 bits per heavy atom. The van der Waals surface area contributed by atoms with Crippen LogP contribution in [0.5, 0.6) is 0 Å². The highest BCUT2D eigenvalue weighted by molar-refractivity contribution is 6.99. The van der Waals surface area contributed by atoms with Crippen molar-refractivity contribution in [3.8, 4) is 6.07 Å². The normalized spacial score (nSPS) is 13.0. The molecule has 1 atom stereocenters. The van der Waals surface area contributed by atoms with Crippen LogP contribution in [0.25, 0.3) is 0 Å².